The minimum atomic E-state index is -3.86. The highest BCUT2D eigenvalue weighted by Crippen LogP contribution is 2.27. The zero-order chi connectivity index (χ0) is 14.8. The molecular formula is C13H20FN3O2S. The van der Waals surface area contributed by atoms with Crippen molar-refractivity contribution < 1.29 is 12.8 Å². The van der Waals surface area contributed by atoms with E-state index >= 15 is 0 Å². The number of sulfonamides is 1. The lowest BCUT2D eigenvalue weighted by molar-refractivity contribution is 0.400. The molecule has 1 unspecified atom stereocenters. The summed E-state index contributed by atoms with van der Waals surface area (Å²) in [7, 11) is -1.96. The van der Waals surface area contributed by atoms with Crippen molar-refractivity contribution >= 4 is 15.7 Å². The normalized spacial score (nSPS) is 20.1. The Morgan fingerprint density at radius 1 is 1.50 bits per heavy atom. The summed E-state index contributed by atoms with van der Waals surface area (Å²) < 4.78 is 36.5. The smallest absolute Gasteiger partial charge is 0.238 e. The molecule has 0 aromatic heterocycles. The van der Waals surface area contributed by atoms with Gasteiger partial charge in [0, 0.05) is 13.1 Å². The lowest BCUT2D eigenvalue weighted by atomic mass is 9.97. The number of hydrogen-bond donors (Lipinski definition) is 2. The summed E-state index contributed by atoms with van der Waals surface area (Å²) >= 11 is 0. The van der Waals surface area contributed by atoms with Crippen LogP contribution in [-0.2, 0) is 10.0 Å². The lowest BCUT2D eigenvalue weighted by Crippen LogP contribution is -2.39. The summed E-state index contributed by atoms with van der Waals surface area (Å²) in [5, 5.41) is 8.14. The van der Waals surface area contributed by atoms with Crippen molar-refractivity contribution in [2.75, 3.05) is 31.6 Å². The average molecular weight is 301 g/mol. The van der Waals surface area contributed by atoms with Crippen LogP contribution in [-0.4, -0.2) is 35.1 Å². The van der Waals surface area contributed by atoms with Gasteiger partial charge >= 0.3 is 0 Å². The molecular weight excluding hydrogens is 281 g/mol. The molecule has 1 aromatic rings. The van der Waals surface area contributed by atoms with E-state index in [0.717, 1.165) is 38.5 Å². The second-order valence-electron chi connectivity index (χ2n) is 5.17. The molecule has 1 atom stereocenters. The van der Waals surface area contributed by atoms with E-state index in [4.69, 9.17) is 5.14 Å². The van der Waals surface area contributed by atoms with E-state index in [1.165, 1.54) is 12.1 Å². The monoisotopic (exact) mass is 301 g/mol. The second-order valence-corrected chi connectivity index (χ2v) is 6.73. The number of rotatable bonds is 4. The third-order valence-electron chi connectivity index (χ3n) is 3.60. The third kappa shape index (κ3) is 3.47. The van der Waals surface area contributed by atoms with Gasteiger partial charge in [0.25, 0.3) is 0 Å². The van der Waals surface area contributed by atoms with Crippen molar-refractivity contribution in [1.82, 2.24) is 5.32 Å². The van der Waals surface area contributed by atoms with Gasteiger partial charge in [-0.1, -0.05) is 0 Å². The SMILES string of the molecule is CNCC1CCCN(c2ccc(S(N)(=O)=O)cc2F)C1. The molecule has 1 aliphatic rings. The van der Waals surface area contributed by atoms with Gasteiger partial charge in [-0.3, -0.25) is 0 Å². The Labute approximate surface area is 119 Å². The zero-order valence-electron chi connectivity index (χ0n) is 11.5. The first-order valence-corrected chi connectivity index (χ1v) is 8.18. The van der Waals surface area contributed by atoms with Gasteiger partial charge in [-0.2, -0.15) is 0 Å². The van der Waals surface area contributed by atoms with E-state index in [1.54, 1.807) is 0 Å². The summed E-state index contributed by atoms with van der Waals surface area (Å²) in [6.07, 6.45) is 2.12. The van der Waals surface area contributed by atoms with Gasteiger partial charge in [-0.25, -0.2) is 17.9 Å². The molecule has 3 N–H and O–H groups in total. The van der Waals surface area contributed by atoms with Gasteiger partial charge in [-0.05, 0) is 50.6 Å². The van der Waals surface area contributed by atoms with Crippen molar-refractivity contribution in [3.8, 4) is 0 Å². The Morgan fingerprint density at radius 2 is 2.25 bits per heavy atom. The van der Waals surface area contributed by atoms with E-state index in [1.807, 2.05) is 11.9 Å². The van der Waals surface area contributed by atoms with Crippen LogP contribution in [0.3, 0.4) is 0 Å². The van der Waals surface area contributed by atoms with Crippen LogP contribution in [0.1, 0.15) is 12.8 Å². The van der Waals surface area contributed by atoms with Crippen molar-refractivity contribution in [3.05, 3.63) is 24.0 Å². The van der Waals surface area contributed by atoms with E-state index in [9.17, 15) is 12.8 Å². The van der Waals surface area contributed by atoms with Crippen LogP contribution in [0.25, 0.3) is 0 Å². The number of anilines is 1. The van der Waals surface area contributed by atoms with Gasteiger partial charge < -0.3 is 10.2 Å². The molecule has 1 fully saturated rings. The molecule has 1 saturated heterocycles. The second kappa shape index (κ2) is 6.07. The van der Waals surface area contributed by atoms with Crippen LogP contribution in [0, 0.1) is 11.7 Å². The summed E-state index contributed by atoms with van der Waals surface area (Å²) in [4.78, 5) is 1.77. The minimum absolute atomic E-state index is 0.192. The van der Waals surface area contributed by atoms with Crippen molar-refractivity contribution in [1.29, 1.82) is 0 Å². The number of primary sulfonamides is 1. The summed E-state index contributed by atoms with van der Waals surface area (Å²) in [6, 6.07) is 3.85. The summed E-state index contributed by atoms with van der Waals surface area (Å²) in [5.41, 5.74) is 0.443. The lowest BCUT2D eigenvalue weighted by Gasteiger charge is -2.34. The number of benzene rings is 1. The van der Waals surface area contributed by atoms with Crippen molar-refractivity contribution in [3.63, 3.8) is 0 Å². The number of halogens is 1. The first kappa shape index (κ1) is 15.2. The predicted molar refractivity (Wildman–Crippen MR) is 76.6 cm³/mol. The quantitative estimate of drug-likeness (QED) is 0.867. The van der Waals surface area contributed by atoms with Gasteiger partial charge in [0.15, 0.2) is 0 Å². The molecule has 5 nitrogen and oxygen atoms in total. The molecule has 1 aliphatic heterocycles. The number of piperidine rings is 1. The molecule has 0 bridgehead atoms. The Hall–Kier alpha value is -1.18. The molecule has 1 aromatic carbocycles. The Bertz CT molecular complexity index is 575. The highest BCUT2D eigenvalue weighted by atomic mass is 32.2. The van der Waals surface area contributed by atoms with Gasteiger partial charge in [-0.15, -0.1) is 0 Å². The molecule has 7 heteroatoms. The molecule has 0 saturated carbocycles. The van der Waals surface area contributed by atoms with Gasteiger partial charge in [0.1, 0.15) is 5.82 Å². The standard InChI is InChI=1S/C13H20FN3O2S/c1-16-8-10-3-2-6-17(9-10)13-5-4-11(7-12(13)14)20(15,18)19/h4-5,7,10,16H,2-3,6,8-9H2,1H3,(H2,15,18,19). The molecule has 2 rings (SSSR count). The molecule has 1 heterocycles. The average Bonchev–Trinajstić information content (AvgIpc) is 2.38. The van der Waals surface area contributed by atoms with Crippen molar-refractivity contribution in [2.24, 2.45) is 11.1 Å². The molecule has 0 amide bonds. The van der Waals surface area contributed by atoms with Crippen LogP contribution in [0.2, 0.25) is 0 Å². The Balaban J connectivity index is 2.20. The molecule has 0 spiro atoms. The van der Waals surface area contributed by atoms with Crippen LogP contribution in [0.15, 0.2) is 23.1 Å². The fourth-order valence-corrected chi connectivity index (χ4v) is 3.19. The van der Waals surface area contributed by atoms with Crippen LogP contribution < -0.4 is 15.4 Å². The Morgan fingerprint density at radius 3 is 2.85 bits per heavy atom. The van der Waals surface area contributed by atoms with E-state index in [2.05, 4.69) is 5.32 Å². The maximum absolute atomic E-state index is 14.1. The number of nitrogens with two attached hydrogens (primary N) is 1. The molecule has 112 valence electrons. The minimum Gasteiger partial charge on any atom is -0.369 e. The maximum Gasteiger partial charge on any atom is 0.238 e. The zero-order valence-corrected chi connectivity index (χ0v) is 12.3. The van der Waals surface area contributed by atoms with E-state index in [-0.39, 0.29) is 4.90 Å². The van der Waals surface area contributed by atoms with Crippen LogP contribution in [0.4, 0.5) is 10.1 Å². The Kier molecular flexibility index (Phi) is 4.62. The van der Waals surface area contributed by atoms with E-state index < -0.39 is 15.8 Å². The highest BCUT2D eigenvalue weighted by molar-refractivity contribution is 7.89. The summed E-state index contributed by atoms with van der Waals surface area (Å²) in [5.74, 6) is -0.0623. The molecule has 20 heavy (non-hydrogen) atoms. The number of nitrogens with one attached hydrogen (secondary N) is 1. The predicted octanol–water partition coefficient (Wildman–Crippen LogP) is 0.909. The first-order chi connectivity index (χ1) is 9.41. The molecule has 0 radical (unpaired) electrons. The van der Waals surface area contributed by atoms with E-state index in [0.29, 0.717) is 11.6 Å². The van der Waals surface area contributed by atoms with Gasteiger partial charge in [0.2, 0.25) is 10.0 Å². The fraction of sp³-hybridized carbons (Fsp3) is 0.538. The van der Waals surface area contributed by atoms with Crippen molar-refractivity contribution in [2.45, 2.75) is 17.7 Å². The number of nitrogens with zero attached hydrogens (tertiary/aromatic N) is 1. The first-order valence-electron chi connectivity index (χ1n) is 6.63. The largest absolute Gasteiger partial charge is 0.369 e. The van der Waals surface area contributed by atoms with Crippen LogP contribution in [0.5, 0.6) is 0 Å². The summed E-state index contributed by atoms with van der Waals surface area (Å²) in [6.45, 7) is 2.45. The maximum atomic E-state index is 14.1. The topological polar surface area (TPSA) is 75.4 Å². The third-order valence-corrected chi connectivity index (χ3v) is 4.51. The fourth-order valence-electron chi connectivity index (χ4n) is 2.66. The highest BCUT2D eigenvalue weighted by Gasteiger charge is 2.22. The van der Waals surface area contributed by atoms with Gasteiger partial charge in [0.05, 0.1) is 10.6 Å². The van der Waals surface area contributed by atoms with Crippen LogP contribution >= 0.6 is 0 Å². The number of hydrogen-bond acceptors (Lipinski definition) is 4. The molecule has 0 aliphatic carbocycles.